The number of hydrogen-bond donors (Lipinski definition) is 0. The van der Waals surface area contributed by atoms with E-state index >= 15 is 0 Å². The van der Waals surface area contributed by atoms with Gasteiger partial charge in [0.05, 0.1) is 0 Å². The van der Waals surface area contributed by atoms with Crippen LogP contribution in [0.3, 0.4) is 0 Å². The van der Waals surface area contributed by atoms with Crippen molar-refractivity contribution in [2.45, 2.75) is 33.1 Å². The quantitative estimate of drug-likeness (QED) is 0.409. The fraction of sp³-hybridized carbons (Fsp3) is 0.500. The normalized spacial score (nSPS) is 14.0. The van der Waals surface area contributed by atoms with Crippen molar-refractivity contribution in [2.75, 3.05) is 0 Å². The van der Waals surface area contributed by atoms with Crippen molar-refractivity contribution in [1.29, 1.82) is 0 Å². The van der Waals surface area contributed by atoms with Crippen LogP contribution < -0.4 is 0 Å². The van der Waals surface area contributed by atoms with E-state index in [1.807, 2.05) is 12.2 Å². The van der Waals surface area contributed by atoms with E-state index in [4.69, 9.17) is 0 Å². The van der Waals surface area contributed by atoms with Gasteiger partial charge in [0.15, 0.2) is 0 Å². The smallest absolute Gasteiger partial charge is 0.00505 e. The fourth-order valence-corrected chi connectivity index (χ4v) is 1.11. The van der Waals surface area contributed by atoms with Gasteiger partial charge in [-0.2, -0.15) is 0 Å². The number of allylic oxidation sites excluding steroid dienone is 4. The number of rotatable bonds is 6. The van der Waals surface area contributed by atoms with Gasteiger partial charge in [0.25, 0.3) is 0 Å². The van der Waals surface area contributed by atoms with Gasteiger partial charge in [0.1, 0.15) is 0 Å². The van der Waals surface area contributed by atoms with E-state index in [1.165, 1.54) is 24.8 Å². The second kappa shape index (κ2) is 6.90. The molecule has 0 N–H and O–H groups in total. The molecule has 0 aromatic rings. The van der Waals surface area contributed by atoms with Crippen molar-refractivity contribution < 1.29 is 0 Å². The third kappa shape index (κ3) is 4.95. The van der Waals surface area contributed by atoms with Crippen LogP contribution in [0.25, 0.3) is 0 Å². The molecule has 0 unspecified atom stereocenters. The van der Waals surface area contributed by atoms with Crippen molar-refractivity contribution in [2.24, 2.45) is 5.92 Å². The van der Waals surface area contributed by atoms with Gasteiger partial charge >= 0.3 is 0 Å². The van der Waals surface area contributed by atoms with Crippen LogP contribution in [0.5, 0.6) is 0 Å². The van der Waals surface area contributed by atoms with Crippen molar-refractivity contribution >= 4 is 0 Å². The van der Waals surface area contributed by atoms with Crippen LogP contribution in [0, 0.1) is 5.92 Å². The summed E-state index contributed by atoms with van der Waals surface area (Å²) in [6.07, 6.45) is 9.88. The molecule has 0 bridgehead atoms. The molecular weight excluding hydrogens is 144 g/mol. The summed E-state index contributed by atoms with van der Waals surface area (Å²) < 4.78 is 0. The van der Waals surface area contributed by atoms with Gasteiger partial charge in [-0.1, -0.05) is 50.1 Å². The molecule has 0 aliphatic rings. The van der Waals surface area contributed by atoms with Crippen molar-refractivity contribution in [1.82, 2.24) is 0 Å². The largest absolute Gasteiger partial charge is 0.102 e. The van der Waals surface area contributed by atoms with E-state index in [2.05, 4.69) is 33.1 Å². The van der Waals surface area contributed by atoms with E-state index in [0.29, 0.717) is 5.92 Å². The Kier molecular flexibility index (Phi) is 6.45. The van der Waals surface area contributed by atoms with Crippen LogP contribution in [0.4, 0.5) is 0 Å². The average molecular weight is 164 g/mol. The highest BCUT2D eigenvalue weighted by Crippen LogP contribution is 2.13. The zero-order valence-corrected chi connectivity index (χ0v) is 8.34. The molecule has 0 spiro atoms. The molecule has 0 heterocycles. The Hall–Kier alpha value is -0.780. The topological polar surface area (TPSA) is 0 Å². The Morgan fingerprint density at radius 3 is 2.50 bits per heavy atom. The first-order valence-corrected chi connectivity index (χ1v) is 4.68. The minimum atomic E-state index is 0.531. The SMILES string of the molecule is C=C/C(C)=C/[C@@H](C=C)CCCC. The van der Waals surface area contributed by atoms with E-state index in [1.54, 1.807) is 0 Å². The van der Waals surface area contributed by atoms with Crippen molar-refractivity contribution in [3.8, 4) is 0 Å². The summed E-state index contributed by atoms with van der Waals surface area (Å²) in [4.78, 5) is 0. The summed E-state index contributed by atoms with van der Waals surface area (Å²) in [6, 6.07) is 0. The molecule has 0 amide bonds. The monoisotopic (exact) mass is 164 g/mol. The molecule has 0 saturated heterocycles. The summed E-state index contributed by atoms with van der Waals surface area (Å²) in [5.74, 6) is 0.531. The Labute approximate surface area is 76.7 Å². The molecule has 0 aromatic heterocycles. The number of hydrogen-bond acceptors (Lipinski definition) is 0. The minimum Gasteiger partial charge on any atom is -0.102 e. The maximum absolute atomic E-state index is 3.82. The lowest BCUT2D eigenvalue weighted by molar-refractivity contribution is 0.641. The van der Waals surface area contributed by atoms with Gasteiger partial charge in [0.2, 0.25) is 0 Å². The molecular formula is C12H20. The van der Waals surface area contributed by atoms with Gasteiger partial charge in [-0.25, -0.2) is 0 Å². The first-order valence-electron chi connectivity index (χ1n) is 4.68. The highest BCUT2D eigenvalue weighted by Gasteiger charge is 1.98. The molecule has 0 aliphatic heterocycles. The molecule has 0 radical (unpaired) electrons. The molecule has 0 aliphatic carbocycles. The fourth-order valence-electron chi connectivity index (χ4n) is 1.11. The molecule has 0 saturated carbocycles. The molecule has 0 heteroatoms. The molecule has 12 heavy (non-hydrogen) atoms. The van der Waals surface area contributed by atoms with Crippen LogP contribution in [0.2, 0.25) is 0 Å². The van der Waals surface area contributed by atoms with E-state index in [0.717, 1.165) is 0 Å². The molecule has 0 fully saturated rings. The van der Waals surface area contributed by atoms with Crippen LogP contribution >= 0.6 is 0 Å². The second-order valence-electron chi connectivity index (χ2n) is 3.16. The average Bonchev–Trinajstić information content (AvgIpc) is 2.11. The molecule has 0 nitrogen and oxygen atoms in total. The highest BCUT2D eigenvalue weighted by atomic mass is 14.0. The van der Waals surface area contributed by atoms with E-state index < -0.39 is 0 Å². The lowest BCUT2D eigenvalue weighted by Crippen LogP contribution is -1.91. The van der Waals surface area contributed by atoms with E-state index in [-0.39, 0.29) is 0 Å². The summed E-state index contributed by atoms with van der Waals surface area (Å²) in [6.45, 7) is 11.8. The van der Waals surface area contributed by atoms with Crippen molar-refractivity contribution in [3.05, 3.63) is 37.0 Å². The lowest BCUT2D eigenvalue weighted by Gasteiger charge is -2.06. The maximum atomic E-state index is 3.82. The Morgan fingerprint density at radius 2 is 2.08 bits per heavy atom. The summed E-state index contributed by atoms with van der Waals surface area (Å²) >= 11 is 0. The predicted octanol–water partition coefficient (Wildman–Crippen LogP) is 4.11. The minimum absolute atomic E-state index is 0.531. The third-order valence-electron chi connectivity index (χ3n) is 1.99. The van der Waals surface area contributed by atoms with Crippen LogP contribution in [0.15, 0.2) is 37.0 Å². The standard InChI is InChI=1S/C12H20/c1-5-8-9-12(7-3)10-11(4)6-2/h6-7,10,12H,2-3,5,8-9H2,1,4H3/b11-10+/t12-/m0/s1. The number of unbranched alkanes of at least 4 members (excludes halogenated alkanes) is 1. The summed E-state index contributed by atoms with van der Waals surface area (Å²) in [5.41, 5.74) is 1.25. The lowest BCUT2D eigenvalue weighted by atomic mass is 10.00. The van der Waals surface area contributed by atoms with Crippen LogP contribution in [-0.4, -0.2) is 0 Å². The Morgan fingerprint density at radius 1 is 1.42 bits per heavy atom. The van der Waals surface area contributed by atoms with Crippen LogP contribution in [0.1, 0.15) is 33.1 Å². The van der Waals surface area contributed by atoms with Crippen LogP contribution in [-0.2, 0) is 0 Å². The van der Waals surface area contributed by atoms with Gasteiger partial charge < -0.3 is 0 Å². The summed E-state index contributed by atoms with van der Waals surface area (Å²) in [5, 5.41) is 0. The van der Waals surface area contributed by atoms with Gasteiger partial charge in [-0.3, -0.25) is 0 Å². The Balaban J connectivity index is 3.97. The molecule has 1 atom stereocenters. The third-order valence-corrected chi connectivity index (χ3v) is 1.99. The molecule has 68 valence electrons. The van der Waals surface area contributed by atoms with Gasteiger partial charge in [-0.15, -0.1) is 6.58 Å². The summed E-state index contributed by atoms with van der Waals surface area (Å²) in [7, 11) is 0. The Bertz CT molecular complexity index is 163. The highest BCUT2D eigenvalue weighted by molar-refractivity contribution is 5.16. The zero-order valence-electron chi connectivity index (χ0n) is 8.34. The van der Waals surface area contributed by atoms with E-state index in [9.17, 15) is 0 Å². The maximum Gasteiger partial charge on any atom is -0.00505 e. The second-order valence-corrected chi connectivity index (χ2v) is 3.16. The first kappa shape index (κ1) is 11.2. The molecule has 0 rings (SSSR count). The molecule has 0 aromatic carbocycles. The van der Waals surface area contributed by atoms with Gasteiger partial charge in [-0.05, 0) is 19.3 Å². The predicted molar refractivity (Wildman–Crippen MR) is 57.2 cm³/mol. The first-order chi connectivity index (χ1) is 5.74. The van der Waals surface area contributed by atoms with Crippen molar-refractivity contribution in [3.63, 3.8) is 0 Å². The van der Waals surface area contributed by atoms with Gasteiger partial charge in [0, 0.05) is 0 Å². The zero-order chi connectivity index (χ0) is 9.40.